The number of cyclic esters (lactones) is 1. The molecule has 5 heterocycles. The number of carboxylic acid groups (broad SMARTS) is 1. The third-order valence-corrected chi connectivity index (χ3v) is 16.7. The van der Waals surface area contributed by atoms with Gasteiger partial charge in [-0.3, -0.25) is 9.59 Å². The monoisotopic (exact) mass is 1150 g/mol. The van der Waals surface area contributed by atoms with E-state index in [1.165, 1.54) is 27.3 Å². The second-order valence-corrected chi connectivity index (χ2v) is 23.4. The van der Waals surface area contributed by atoms with Crippen LogP contribution in [0.15, 0.2) is 28.3 Å². The van der Waals surface area contributed by atoms with E-state index in [0.717, 1.165) is 11.1 Å². The van der Waals surface area contributed by atoms with Crippen LogP contribution >= 0.6 is 0 Å². The number of oxime groups is 1. The molecule has 0 unspecified atom stereocenters. The Morgan fingerprint density at radius 3 is 2.32 bits per heavy atom. The number of carbonyl (C=O) groups excluding carboxylic acids is 2. The number of alkyl carbamates (subject to hydrolysis) is 1. The van der Waals surface area contributed by atoms with Crippen molar-refractivity contribution in [2.75, 3.05) is 54.9 Å². The first-order valence-corrected chi connectivity index (χ1v) is 28.2. The lowest BCUT2D eigenvalue weighted by molar-refractivity contribution is -0.317. The van der Waals surface area contributed by atoms with E-state index in [9.17, 15) is 44.7 Å². The molecule has 3 fully saturated rings. The topological polar surface area (TPSA) is 304 Å². The Bertz CT molecular complexity index is 2540. The molecule has 1 amide bonds. The summed E-state index contributed by atoms with van der Waals surface area (Å²) in [6, 6.07) is 3.29. The van der Waals surface area contributed by atoms with Crippen LogP contribution in [-0.2, 0) is 76.8 Å². The lowest BCUT2D eigenvalue weighted by Crippen LogP contribution is -2.61. The number of aliphatic hydroxyl groups is 4. The number of aryl methyl sites for hydroxylation is 1. The number of hydrogen-bond donors (Lipinski definition) is 6. The Labute approximate surface area is 474 Å². The van der Waals surface area contributed by atoms with Gasteiger partial charge in [-0.25, -0.2) is 9.59 Å². The number of benzene rings is 1. The number of methoxy groups -OCH3 is 2. The molecule has 0 spiro atoms. The van der Waals surface area contributed by atoms with E-state index >= 15 is 0 Å². The molecule has 24 nitrogen and oxygen atoms in total. The second kappa shape index (κ2) is 28.0. The summed E-state index contributed by atoms with van der Waals surface area (Å²) in [5.74, 6) is -5.75. The Morgan fingerprint density at radius 1 is 0.951 bits per heavy atom. The highest BCUT2D eigenvalue weighted by Gasteiger charge is 2.54. The van der Waals surface area contributed by atoms with E-state index in [-0.39, 0.29) is 69.4 Å². The van der Waals surface area contributed by atoms with Crippen LogP contribution in [0.2, 0.25) is 0 Å². The van der Waals surface area contributed by atoms with Gasteiger partial charge in [-0.05, 0) is 99.4 Å². The van der Waals surface area contributed by atoms with Crippen LogP contribution < -0.4 is 10.7 Å². The van der Waals surface area contributed by atoms with Gasteiger partial charge in [0.05, 0.1) is 66.5 Å². The molecule has 6 rings (SSSR count). The molecule has 4 aliphatic heterocycles. The third kappa shape index (κ3) is 15.3. The number of likely N-dealkylation sites (N-methyl/N-ethyl adjacent to an activating group) is 1. The summed E-state index contributed by atoms with van der Waals surface area (Å²) in [6.07, 6.45) is -8.80. The number of pyridine rings is 1. The number of hydrogen-bond acceptors (Lipinski definition) is 21. The number of carbonyl (C=O) groups is 3. The van der Waals surface area contributed by atoms with Crippen LogP contribution in [0.3, 0.4) is 0 Å². The summed E-state index contributed by atoms with van der Waals surface area (Å²) >= 11 is 0. The Kier molecular flexibility index (Phi) is 22.7. The normalized spacial score (nSPS) is 36.7. The summed E-state index contributed by atoms with van der Waals surface area (Å²) in [6.45, 7) is 17.6. The summed E-state index contributed by atoms with van der Waals surface area (Å²) < 4.78 is 62.9. The molecule has 81 heavy (non-hydrogen) atoms. The number of aromatic carboxylic acids is 1. The van der Waals surface area contributed by atoms with E-state index in [0.29, 0.717) is 43.4 Å². The van der Waals surface area contributed by atoms with Crippen LogP contribution in [0.5, 0.6) is 0 Å². The maximum absolute atomic E-state index is 14.6. The van der Waals surface area contributed by atoms with Crippen molar-refractivity contribution in [3.05, 3.63) is 45.2 Å². The summed E-state index contributed by atoms with van der Waals surface area (Å²) in [5, 5.41) is 65.8. The number of amides is 1. The van der Waals surface area contributed by atoms with E-state index in [1.54, 1.807) is 66.0 Å². The quantitative estimate of drug-likeness (QED) is 0.0500. The highest BCUT2D eigenvalue weighted by Crippen LogP contribution is 2.42. The van der Waals surface area contributed by atoms with Gasteiger partial charge in [0.2, 0.25) is 12.2 Å². The first-order chi connectivity index (χ1) is 38.1. The van der Waals surface area contributed by atoms with E-state index in [1.807, 2.05) is 32.0 Å². The van der Waals surface area contributed by atoms with Crippen molar-refractivity contribution in [2.24, 2.45) is 28.8 Å². The van der Waals surface area contributed by atoms with Gasteiger partial charge in [0, 0.05) is 74.7 Å². The largest absolute Gasteiger partial charge is 0.477 e. The van der Waals surface area contributed by atoms with Gasteiger partial charge in [0.1, 0.15) is 35.7 Å². The summed E-state index contributed by atoms with van der Waals surface area (Å²) in [7, 11) is 6.58. The second-order valence-electron chi connectivity index (χ2n) is 23.4. The maximum atomic E-state index is 14.6. The number of ether oxygens (including phenoxy) is 10. The number of rotatable bonds is 19. The molecular formula is C57H90N4O20. The molecule has 3 saturated heterocycles. The molecular weight excluding hydrogens is 1060 g/mol. The van der Waals surface area contributed by atoms with Crippen molar-refractivity contribution < 1.29 is 92.1 Å². The Hall–Kier alpha value is -4.41. The van der Waals surface area contributed by atoms with Crippen LogP contribution in [0, 0.1) is 23.7 Å². The molecule has 18 atom stereocenters. The molecule has 458 valence electrons. The van der Waals surface area contributed by atoms with Crippen LogP contribution in [0.25, 0.3) is 10.9 Å². The minimum atomic E-state index is -2.02. The molecule has 4 aliphatic rings. The van der Waals surface area contributed by atoms with Crippen molar-refractivity contribution in [1.29, 1.82) is 0 Å². The lowest BCUT2D eigenvalue weighted by Gasteiger charge is -2.49. The zero-order chi connectivity index (χ0) is 59.9. The third-order valence-electron chi connectivity index (χ3n) is 16.7. The Morgan fingerprint density at radius 2 is 1.67 bits per heavy atom. The minimum absolute atomic E-state index is 0.0223. The SMILES string of the molecule is CC[C@H]1OC(=O)[C@H](C)[C@@H](O[C@H]2C[C@@](C)(OC)[C@@H](OC(=O)NCCOCCCc3cc4c5c(c3)c(=O)c(C(=O)O)cn5COC4)[C@H](C)O2)[C@H](C)[C@@H](O[C@H]2O[C@@H](C)C[C@@H](N(C)C)[C@@H]2O)[C@](C)(O)C[C@@H](C)/C(=N\OCOC)[C@H](C)[C@@H](O)[C@]1(C)O. The number of aliphatic hydroxyl groups excluding tert-OH is 2. The average Bonchev–Trinajstić information content (AvgIpc) is 3.44. The first-order valence-electron chi connectivity index (χ1n) is 28.2. The van der Waals surface area contributed by atoms with E-state index in [4.69, 9.17) is 52.2 Å². The fraction of sp³-hybridized carbons (Fsp3) is 0.772. The van der Waals surface area contributed by atoms with Crippen LogP contribution in [-0.4, -0.2) is 198 Å². The fourth-order valence-corrected chi connectivity index (χ4v) is 12.3. The highest BCUT2D eigenvalue weighted by molar-refractivity contribution is 5.94. The molecule has 0 radical (unpaired) electrons. The van der Waals surface area contributed by atoms with E-state index < -0.39 is 119 Å². The minimum Gasteiger partial charge on any atom is -0.477 e. The van der Waals surface area contributed by atoms with Gasteiger partial charge in [-0.2, -0.15) is 0 Å². The molecule has 1 aromatic heterocycles. The molecule has 24 heteroatoms. The molecule has 6 N–H and O–H groups in total. The smallest absolute Gasteiger partial charge is 0.407 e. The first kappa shape index (κ1) is 65.7. The number of esters is 1. The van der Waals surface area contributed by atoms with Crippen molar-refractivity contribution in [3.63, 3.8) is 0 Å². The number of nitrogens with one attached hydrogen (secondary N) is 1. The summed E-state index contributed by atoms with van der Waals surface area (Å²) in [5.41, 5.74) is -3.38. The predicted molar refractivity (Wildman–Crippen MR) is 293 cm³/mol. The molecule has 1 aromatic carbocycles. The Balaban J connectivity index is 1.18. The van der Waals surface area contributed by atoms with Crippen molar-refractivity contribution in [2.45, 2.75) is 205 Å². The number of carboxylic acids is 1. The molecule has 0 aliphatic carbocycles. The molecule has 0 saturated carbocycles. The fourth-order valence-electron chi connectivity index (χ4n) is 12.3. The van der Waals surface area contributed by atoms with Gasteiger partial charge in [-0.15, -0.1) is 0 Å². The van der Waals surface area contributed by atoms with Crippen LogP contribution in [0.1, 0.15) is 123 Å². The van der Waals surface area contributed by atoms with E-state index in [2.05, 4.69) is 10.5 Å². The van der Waals surface area contributed by atoms with Gasteiger partial charge in [-0.1, -0.05) is 38.9 Å². The number of aromatic nitrogens is 1. The van der Waals surface area contributed by atoms with Crippen molar-refractivity contribution in [3.8, 4) is 0 Å². The maximum Gasteiger partial charge on any atom is 0.407 e. The summed E-state index contributed by atoms with van der Waals surface area (Å²) in [4.78, 5) is 60.3. The zero-order valence-corrected chi connectivity index (χ0v) is 49.6. The standard InChI is InChI=1S/C57H90N4O20/c1-15-41-57(10,70)48(64)32(4)43(59-75-29-71-13)30(2)24-55(8,69)49(80-53-46(63)40(60(11)12)21-31(3)76-53)33(5)47(34(6)52(67)78-41)79-42-25-56(9,72-14)50(35(7)77-42)81-54(68)58-18-20-73-19-16-17-36-22-37-27-74-28-61-26-39(51(65)66)45(62)38(23-36)44(37)61/h22-23,26,30-35,40-42,46-50,53,63-64,69-70H,15-21,24-25,27-29H2,1-14H3,(H,58,68)(H,65,66)/b59-43+/t30-,31+,32+,33+,34-,35+,40-,41-,42+,46+,47+,48-,49-,50+,53-,55-,56-,57-/m1/s1. The van der Waals surface area contributed by atoms with Gasteiger partial charge in [0.15, 0.2) is 18.7 Å². The zero-order valence-electron chi connectivity index (χ0n) is 49.6. The van der Waals surface area contributed by atoms with Crippen molar-refractivity contribution in [1.82, 2.24) is 14.8 Å². The number of nitrogens with zero attached hydrogens (tertiary/aromatic N) is 3. The van der Waals surface area contributed by atoms with Crippen LogP contribution in [0.4, 0.5) is 4.79 Å². The van der Waals surface area contributed by atoms with Gasteiger partial charge in [0.25, 0.3) is 0 Å². The van der Waals surface area contributed by atoms with Gasteiger partial charge < -0.3 is 92.5 Å². The highest BCUT2D eigenvalue weighted by atomic mass is 16.7. The predicted octanol–water partition coefficient (Wildman–Crippen LogP) is 4.08. The van der Waals surface area contributed by atoms with Crippen molar-refractivity contribution >= 4 is 34.6 Å². The van der Waals surface area contributed by atoms with Gasteiger partial charge >= 0.3 is 18.0 Å². The average molecular weight is 1150 g/mol. The lowest BCUT2D eigenvalue weighted by atomic mass is 9.73. The molecule has 0 bridgehead atoms. The molecule has 2 aromatic rings.